The molecule has 0 aromatic heterocycles. The standard InChI is InChI=1S/C12H24N2O/c1-3-14(4-2)10-6-9-13-12(15)11-7-5-8-11/h11H,3-10H2,1-2H3,(H,13,15). The number of amides is 1. The minimum Gasteiger partial charge on any atom is -0.356 e. The molecule has 1 N–H and O–H groups in total. The van der Waals surface area contributed by atoms with Gasteiger partial charge in [0.05, 0.1) is 0 Å². The molecule has 0 radical (unpaired) electrons. The summed E-state index contributed by atoms with van der Waals surface area (Å²) in [4.78, 5) is 13.9. The molecule has 0 spiro atoms. The Morgan fingerprint density at radius 1 is 1.33 bits per heavy atom. The lowest BCUT2D eigenvalue weighted by atomic mass is 9.85. The van der Waals surface area contributed by atoms with Crippen molar-refractivity contribution in [2.75, 3.05) is 26.2 Å². The van der Waals surface area contributed by atoms with Crippen LogP contribution in [0, 0.1) is 5.92 Å². The van der Waals surface area contributed by atoms with Gasteiger partial charge in [0.25, 0.3) is 0 Å². The second kappa shape index (κ2) is 6.83. The van der Waals surface area contributed by atoms with Gasteiger partial charge in [-0.25, -0.2) is 0 Å². The molecule has 3 nitrogen and oxygen atoms in total. The summed E-state index contributed by atoms with van der Waals surface area (Å²) in [6.45, 7) is 8.50. The third-order valence-electron chi connectivity index (χ3n) is 3.32. The van der Waals surface area contributed by atoms with Crippen molar-refractivity contribution >= 4 is 5.91 Å². The number of carbonyl (C=O) groups excluding carboxylic acids is 1. The lowest BCUT2D eigenvalue weighted by Gasteiger charge is -2.24. The molecule has 1 amide bonds. The van der Waals surface area contributed by atoms with Gasteiger partial charge < -0.3 is 10.2 Å². The van der Waals surface area contributed by atoms with Crippen molar-refractivity contribution in [2.24, 2.45) is 5.92 Å². The molecule has 0 aliphatic heterocycles. The van der Waals surface area contributed by atoms with E-state index in [-0.39, 0.29) is 5.91 Å². The number of rotatable bonds is 7. The van der Waals surface area contributed by atoms with Crippen LogP contribution in [0.4, 0.5) is 0 Å². The molecule has 0 atom stereocenters. The molecule has 0 bridgehead atoms. The maximum absolute atomic E-state index is 11.5. The maximum atomic E-state index is 11.5. The first-order chi connectivity index (χ1) is 7.27. The topological polar surface area (TPSA) is 32.3 Å². The van der Waals surface area contributed by atoms with Crippen LogP contribution in [0.2, 0.25) is 0 Å². The Bertz CT molecular complexity index is 186. The second-order valence-corrected chi connectivity index (χ2v) is 4.30. The van der Waals surface area contributed by atoms with E-state index < -0.39 is 0 Å². The minimum absolute atomic E-state index is 0.279. The van der Waals surface area contributed by atoms with Crippen LogP contribution in [0.1, 0.15) is 39.5 Å². The molecule has 1 rings (SSSR count). The van der Waals surface area contributed by atoms with Crippen LogP contribution < -0.4 is 5.32 Å². The average molecular weight is 212 g/mol. The van der Waals surface area contributed by atoms with E-state index in [1.54, 1.807) is 0 Å². The van der Waals surface area contributed by atoms with E-state index in [1.807, 2.05) is 0 Å². The first-order valence-electron chi connectivity index (χ1n) is 6.28. The summed E-state index contributed by atoms with van der Waals surface area (Å²) in [5.41, 5.74) is 0. The SMILES string of the molecule is CCN(CC)CCCNC(=O)C1CCC1. The van der Waals surface area contributed by atoms with Crippen molar-refractivity contribution in [1.29, 1.82) is 0 Å². The summed E-state index contributed by atoms with van der Waals surface area (Å²) in [6.07, 6.45) is 4.50. The summed E-state index contributed by atoms with van der Waals surface area (Å²) in [6, 6.07) is 0. The fourth-order valence-electron chi connectivity index (χ4n) is 1.87. The summed E-state index contributed by atoms with van der Waals surface area (Å²) in [7, 11) is 0. The van der Waals surface area contributed by atoms with Gasteiger partial charge in [0.15, 0.2) is 0 Å². The predicted molar refractivity (Wildman–Crippen MR) is 62.8 cm³/mol. The first-order valence-corrected chi connectivity index (χ1v) is 6.28. The van der Waals surface area contributed by atoms with E-state index in [4.69, 9.17) is 0 Å². The highest BCUT2D eigenvalue weighted by atomic mass is 16.1. The van der Waals surface area contributed by atoms with Crippen molar-refractivity contribution in [3.05, 3.63) is 0 Å². The molecule has 1 saturated carbocycles. The van der Waals surface area contributed by atoms with Gasteiger partial charge in [0.2, 0.25) is 5.91 Å². The lowest BCUT2D eigenvalue weighted by molar-refractivity contribution is -0.127. The summed E-state index contributed by atoms with van der Waals surface area (Å²) < 4.78 is 0. The van der Waals surface area contributed by atoms with Crippen molar-refractivity contribution in [3.63, 3.8) is 0 Å². The van der Waals surface area contributed by atoms with Gasteiger partial charge in [0, 0.05) is 12.5 Å². The summed E-state index contributed by atoms with van der Waals surface area (Å²) in [5, 5.41) is 3.02. The van der Waals surface area contributed by atoms with E-state index in [0.717, 1.165) is 45.4 Å². The van der Waals surface area contributed by atoms with Crippen LogP contribution in [-0.4, -0.2) is 37.0 Å². The monoisotopic (exact) mass is 212 g/mol. The van der Waals surface area contributed by atoms with Crippen molar-refractivity contribution in [3.8, 4) is 0 Å². The van der Waals surface area contributed by atoms with Gasteiger partial charge in [-0.05, 0) is 38.9 Å². The second-order valence-electron chi connectivity index (χ2n) is 4.30. The Morgan fingerprint density at radius 3 is 2.47 bits per heavy atom. The quantitative estimate of drug-likeness (QED) is 0.651. The van der Waals surface area contributed by atoms with E-state index in [2.05, 4.69) is 24.1 Å². The Morgan fingerprint density at radius 2 is 2.00 bits per heavy atom. The van der Waals surface area contributed by atoms with Crippen LogP contribution >= 0.6 is 0 Å². The highest BCUT2D eigenvalue weighted by molar-refractivity contribution is 5.79. The zero-order valence-corrected chi connectivity index (χ0v) is 10.1. The van der Waals surface area contributed by atoms with Crippen LogP contribution in [0.15, 0.2) is 0 Å². The van der Waals surface area contributed by atoms with Gasteiger partial charge in [-0.15, -0.1) is 0 Å². The normalized spacial score (nSPS) is 16.5. The molecule has 0 aromatic carbocycles. The van der Waals surface area contributed by atoms with Crippen LogP contribution in [0.3, 0.4) is 0 Å². The maximum Gasteiger partial charge on any atom is 0.223 e. The lowest BCUT2D eigenvalue weighted by Crippen LogP contribution is -2.36. The molecule has 0 unspecified atom stereocenters. The zero-order chi connectivity index (χ0) is 11.1. The minimum atomic E-state index is 0.279. The third kappa shape index (κ3) is 4.20. The fourth-order valence-corrected chi connectivity index (χ4v) is 1.87. The van der Waals surface area contributed by atoms with Gasteiger partial charge >= 0.3 is 0 Å². The third-order valence-corrected chi connectivity index (χ3v) is 3.32. The molecular weight excluding hydrogens is 188 g/mol. The molecule has 0 heterocycles. The van der Waals surface area contributed by atoms with Gasteiger partial charge in [-0.1, -0.05) is 20.3 Å². The Labute approximate surface area is 93.2 Å². The Hall–Kier alpha value is -0.570. The number of hydrogen-bond acceptors (Lipinski definition) is 2. The highest BCUT2D eigenvalue weighted by Gasteiger charge is 2.24. The average Bonchev–Trinajstić information content (AvgIpc) is 2.15. The van der Waals surface area contributed by atoms with E-state index in [9.17, 15) is 4.79 Å². The smallest absolute Gasteiger partial charge is 0.223 e. The van der Waals surface area contributed by atoms with Crippen LogP contribution in [0.25, 0.3) is 0 Å². The Kier molecular flexibility index (Phi) is 5.69. The highest BCUT2D eigenvalue weighted by Crippen LogP contribution is 2.25. The molecule has 3 heteroatoms. The molecule has 1 fully saturated rings. The molecule has 1 aliphatic rings. The molecule has 15 heavy (non-hydrogen) atoms. The largest absolute Gasteiger partial charge is 0.356 e. The number of carbonyl (C=O) groups is 1. The number of nitrogens with one attached hydrogen (secondary N) is 1. The number of nitrogens with zero attached hydrogens (tertiary/aromatic N) is 1. The molecule has 0 aromatic rings. The van der Waals surface area contributed by atoms with E-state index >= 15 is 0 Å². The van der Waals surface area contributed by atoms with Crippen molar-refractivity contribution < 1.29 is 4.79 Å². The van der Waals surface area contributed by atoms with Gasteiger partial charge in [-0.3, -0.25) is 4.79 Å². The summed E-state index contributed by atoms with van der Waals surface area (Å²) in [5.74, 6) is 0.610. The molecular formula is C12H24N2O. The summed E-state index contributed by atoms with van der Waals surface area (Å²) >= 11 is 0. The van der Waals surface area contributed by atoms with Gasteiger partial charge in [-0.2, -0.15) is 0 Å². The Balaban J connectivity index is 1.98. The zero-order valence-electron chi connectivity index (χ0n) is 10.1. The van der Waals surface area contributed by atoms with Crippen LogP contribution in [-0.2, 0) is 4.79 Å². The van der Waals surface area contributed by atoms with Gasteiger partial charge in [0.1, 0.15) is 0 Å². The fraction of sp³-hybridized carbons (Fsp3) is 0.917. The number of hydrogen-bond donors (Lipinski definition) is 1. The van der Waals surface area contributed by atoms with Crippen molar-refractivity contribution in [2.45, 2.75) is 39.5 Å². The van der Waals surface area contributed by atoms with Crippen LogP contribution in [0.5, 0.6) is 0 Å². The first kappa shape index (κ1) is 12.5. The predicted octanol–water partition coefficient (Wildman–Crippen LogP) is 1.63. The van der Waals surface area contributed by atoms with E-state index in [1.165, 1.54) is 6.42 Å². The van der Waals surface area contributed by atoms with E-state index in [0.29, 0.717) is 5.92 Å². The molecule has 0 saturated heterocycles. The van der Waals surface area contributed by atoms with Crippen molar-refractivity contribution in [1.82, 2.24) is 10.2 Å². The molecule has 1 aliphatic carbocycles. The molecule has 88 valence electrons.